The smallest absolute Gasteiger partial charge is 0.261 e. The Bertz CT molecular complexity index is 738. The van der Waals surface area contributed by atoms with Crippen LogP contribution in [-0.4, -0.2) is 9.55 Å². The quantitative estimate of drug-likeness (QED) is 0.775. The van der Waals surface area contributed by atoms with E-state index in [4.69, 9.17) is 0 Å². The average Bonchev–Trinajstić information content (AvgIpc) is 2.48. The second kappa shape index (κ2) is 6.15. The minimum absolute atomic E-state index is 0.00994. The molecule has 0 atom stereocenters. The van der Waals surface area contributed by atoms with Crippen molar-refractivity contribution in [3.05, 3.63) is 71.8 Å². The summed E-state index contributed by atoms with van der Waals surface area (Å²) in [4.78, 5) is 17.2. The molecule has 1 aromatic carbocycles. The molecule has 0 saturated carbocycles. The zero-order chi connectivity index (χ0) is 14.5. The number of benzene rings is 1. The summed E-state index contributed by atoms with van der Waals surface area (Å²) in [5, 5.41) is 0.645. The Morgan fingerprint density at radius 1 is 1.35 bits per heavy atom. The molecule has 0 fully saturated rings. The molecule has 2 rings (SSSR count). The molecule has 0 amide bonds. The van der Waals surface area contributed by atoms with Crippen LogP contribution in [0, 0.1) is 0 Å². The van der Waals surface area contributed by atoms with Crippen molar-refractivity contribution in [3.8, 4) is 0 Å². The van der Waals surface area contributed by atoms with Crippen molar-refractivity contribution < 1.29 is 0 Å². The topological polar surface area (TPSA) is 34.9 Å². The van der Waals surface area contributed by atoms with Crippen LogP contribution in [-0.2, 0) is 6.54 Å². The molecule has 0 radical (unpaired) electrons. The molecule has 0 aliphatic carbocycles. The third-order valence-corrected chi connectivity index (χ3v) is 3.08. The van der Waals surface area contributed by atoms with Gasteiger partial charge in [-0.1, -0.05) is 50.4 Å². The highest BCUT2D eigenvalue weighted by Gasteiger charge is 2.11. The van der Waals surface area contributed by atoms with Gasteiger partial charge in [-0.2, -0.15) is 0 Å². The Balaban J connectivity index is 2.84. The highest BCUT2D eigenvalue weighted by Crippen LogP contribution is 2.16. The molecule has 0 aliphatic rings. The molecule has 0 unspecified atom stereocenters. The van der Waals surface area contributed by atoms with Crippen LogP contribution >= 0.6 is 0 Å². The van der Waals surface area contributed by atoms with Crippen molar-refractivity contribution >= 4 is 16.5 Å². The van der Waals surface area contributed by atoms with E-state index in [0.717, 1.165) is 12.0 Å². The minimum Gasteiger partial charge on any atom is -0.292 e. The van der Waals surface area contributed by atoms with Crippen molar-refractivity contribution in [2.45, 2.75) is 19.9 Å². The van der Waals surface area contributed by atoms with Gasteiger partial charge in [0.2, 0.25) is 0 Å². The molecule has 0 N–H and O–H groups in total. The third kappa shape index (κ3) is 2.48. The molecule has 0 aliphatic heterocycles. The predicted octanol–water partition coefficient (Wildman–Crippen LogP) is 3.56. The van der Waals surface area contributed by atoms with Gasteiger partial charge in [0.1, 0.15) is 5.82 Å². The van der Waals surface area contributed by atoms with E-state index >= 15 is 0 Å². The van der Waals surface area contributed by atoms with Gasteiger partial charge in [0, 0.05) is 12.1 Å². The van der Waals surface area contributed by atoms with E-state index in [1.165, 1.54) is 0 Å². The van der Waals surface area contributed by atoms with E-state index in [1.54, 1.807) is 16.7 Å². The molecule has 3 heteroatoms. The summed E-state index contributed by atoms with van der Waals surface area (Å²) >= 11 is 0. The van der Waals surface area contributed by atoms with Gasteiger partial charge in [-0.3, -0.25) is 9.36 Å². The fourth-order valence-electron chi connectivity index (χ4n) is 2.18. The lowest BCUT2D eigenvalue weighted by Crippen LogP contribution is -2.24. The molecule has 0 saturated heterocycles. The summed E-state index contributed by atoms with van der Waals surface area (Å²) < 4.78 is 1.71. The molecule has 1 aromatic heterocycles. The fraction of sp³-hybridized carbons (Fsp3) is 0.176. The first-order valence-corrected chi connectivity index (χ1v) is 6.68. The summed E-state index contributed by atoms with van der Waals surface area (Å²) in [6, 6.07) is 7.40. The van der Waals surface area contributed by atoms with Crippen LogP contribution in [0.2, 0.25) is 0 Å². The summed E-state index contributed by atoms with van der Waals surface area (Å²) in [6.07, 6.45) is 6.06. The zero-order valence-corrected chi connectivity index (χ0v) is 11.7. The van der Waals surface area contributed by atoms with Crippen LogP contribution < -0.4 is 5.56 Å². The van der Waals surface area contributed by atoms with Crippen molar-refractivity contribution in [3.63, 3.8) is 0 Å². The molecule has 20 heavy (non-hydrogen) atoms. The second-order valence-corrected chi connectivity index (χ2v) is 4.47. The van der Waals surface area contributed by atoms with Gasteiger partial charge in [-0.05, 0) is 18.6 Å². The number of hydrogen-bond donors (Lipinski definition) is 0. The Morgan fingerprint density at radius 2 is 2.10 bits per heavy atom. The highest BCUT2D eigenvalue weighted by atomic mass is 16.1. The standard InChI is InChI=1S/C17H18N2O/c1-4-9-13(6-3)16-18-15-11-8-7-10-14(15)17(20)19(16)12-5-2/h4,6-11H,1,3,5,12H2,2H3/b13-9+. The average molecular weight is 266 g/mol. The van der Waals surface area contributed by atoms with Gasteiger partial charge in [-0.25, -0.2) is 4.98 Å². The number of nitrogens with zero attached hydrogens (tertiary/aromatic N) is 2. The normalized spacial score (nSPS) is 11.6. The maximum absolute atomic E-state index is 12.6. The SMILES string of the molecule is C=C/C=C(\C=C)c1nc2ccccc2c(=O)n1CCC. The van der Waals surface area contributed by atoms with Gasteiger partial charge < -0.3 is 0 Å². The molecule has 102 valence electrons. The molecular weight excluding hydrogens is 248 g/mol. The molecule has 3 nitrogen and oxygen atoms in total. The molecule has 0 spiro atoms. The van der Waals surface area contributed by atoms with Crippen LogP contribution in [0.4, 0.5) is 0 Å². The third-order valence-electron chi connectivity index (χ3n) is 3.08. The summed E-state index contributed by atoms with van der Waals surface area (Å²) in [6.45, 7) is 10.2. The Kier molecular flexibility index (Phi) is 4.31. The second-order valence-electron chi connectivity index (χ2n) is 4.47. The Labute approximate surface area is 118 Å². The van der Waals surface area contributed by atoms with Gasteiger partial charge in [0.15, 0.2) is 0 Å². The number of para-hydroxylation sites is 1. The van der Waals surface area contributed by atoms with Crippen molar-refractivity contribution in [2.75, 3.05) is 0 Å². The molecule has 1 heterocycles. The lowest BCUT2D eigenvalue weighted by molar-refractivity contribution is 0.639. The largest absolute Gasteiger partial charge is 0.292 e. The van der Waals surface area contributed by atoms with Crippen molar-refractivity contribution in [1.29, 1.82) is 0 Å². The van der Waals surface area contributed by atoms with Crippen LogP contribution in [0.5, 0.6) is 0 Å². The number of aromatic nitrogens is 2. The highest BCUT2D eigenvalue weighted by molar-refractivity contribution is 5.80. The molecule has 2 aromatic rings. The van der Waals surface area contributed by atoms with E-state index in [1.807, 2.05) is 37.3 Å². The first-order chi connectivity index (χ1) is 9.72. The van der Waals surface area contributed by atoms with Gasteiger partial charge in [0.05, 0.1) is 10.9 Å². The molecule has 0 bridgehead atoms. The Morgan fingerprint density at radius 3 is 2.75 bits per heavy atom. The number of hydrogen-bond acceptors (Lipinski definition) is 2. The minimum atomic E-state index is -0.00994. The van der Waals surface area contributed by atoms with E-state index in [2.05, 4.69) is 18.1 Å². The van der Waals surface area contributed by atoms with E-state index in [0.29, 0.717) is 23.3 Å². The fourth-order valence-corrected chi connectivity index (χ4v) is 2.18. The van der Waals surface area contributed by atoms with E-state index in [9.17, 15) is 4.79 Å². The maximum Gasteiger partial charge on any atom is 0.261 e. The van der Waals surface area contributed by atoms with Gasteiger partial charge >= 0.3 is 0 Å². The monoisotopic (exact) mass is 266 g/mol. The number of fused-ring (bicyclic) bond motifs is 1. The first kappa shape index (κ1) is 14.0. The van der Waals surface area contributed by atoms with Crippen molar-refractivity contribution in [1.82, 2.24) is 9.55 Å². The van der Waals surface area contributed by atoms with Gasteiger partial charge in [0.25, 0.3) is 5.56 Å². The van der Waals surface area contributed by atoms with Crippen molar-refractivity contribution in [2.24, 2.45) is 0 Å². The molecular formula is C17H18N2O. The summed E-state index contributed by atoms with van der Waals surface area (Å²) in [5.74, 6) is 0.644. The first-order valence-electron chi connectivity index (χ1n) is 6.68. The number of allylic oxidation sites excluding steroid dienone is 4. The lowest BCUT2D eigenvalue weighted by Gasteiger charge is -2.13. The zero-order valence-electron chi connectivity index (χ0n) is 11.7. The van der Waals surface area contributed by atoms with Gasteiger partial charge in [-0.15, -0.1) is 0 Å². The van der Waals surface area contributed by atoms with E-state index < -0.39 is 0 Å². The van der Waals surface area contributed by atoms with Crippen LogP contribution in [0.3, 0.4) is 0 Å². The lowest BCUT2D eigenvalue weighted by atomic mass is 10.2. The summed E-state index contributed by atoms with van der Waals surface area (Å²) in [5.41, 5.74) is 1.50. The van der Waals surface area contributed by atoms with Crippen LogP contribution in [0.25, 0.3) is 16.5 Å². The maximum atomic E-state index is 12.6. The predicted molar refractivity (Wildman–Crippen MR) is 84.7 cm³/mol. The number of rotatable bonds is 5. The van der Waals surface area contributed by atoms with Crippen LogP contribution in [0.15, 0.2) is 60.4 Å². The van der Waals surface area contributed by atoms with E-state index in [-0.39, 0.29) is 5.56 Å². The summed E-state index contributed by atoms with van der Waals surface area (Å²) in [7, 11) is 0. The van der Waals surface area contributed by atoms with Crippen LogP contribution in [0.1, 0.15) is 19.2 Å². The Hall–Kier alpha value is -2.42.